The van der Waals surface area contributed by atoms with Crippen molar-refractivity contribution in [1.29, 1.82) is 0 Å². The van der Waals surface area contributed by atoms with Crippen LogP contribution in [0.3, 0.4) is 0 Å². The van der Waals surface area contributed by atoms with Crippen molar-refractivity contribution in [2.24, 2.45) is 0 Å². The molecule has 0 saturated carbocycles. The summed E-state index contributed by atoms with van der Waals surface area (Å²) >= 11 is 0. The molecule has 0 aromatic heterocycles. The van der Waals surface area contributed by atoms with Gasteiger partial charge in [-0.1, -0.05) is 12.1 Å². The van der Waals surface area contributed by atoms with Crippen LogP contribution in [0.4, 0.5) is 13.2 Å². The first-order chi connectivity index (χ1) is 7.32. The van der Waals surface area contributed by atoms with Crippen molar-refractivity contribution < 1.29 is 32.6 Å². The van der Waals surface area contributed by atoms with Crippen molar-refractivity contribution in [3.05, 3.63) is 29.8 Å². The number of aromatic carboxylic acids is 1. The number of para-hydroxylation sites is 1. The average Bonchev–Trinajstić information content (AvgIpc) is 2.16. The normalized spacial score (nSPS) is 10.9. The van der Waals surface area contributed by atoms with E-state index in [1.807, 2.05) is 0 Å². The first-order valence-electron chi connectivity index (χ1n) is 3.93. The number of benzene rings is 1. The molecule has 0 radical (unpaired) electrons. The zero-order chi connectivity index (χ0) is 12.3. The molecule has 16 heavy (non-hydrogen) atoms. The lowest BCUT2D eigenvalue weighted by molar-refractivity contribution is -0.189. The molecule has 1 aromatic carbocycles. The molecule has 0 aliphatic carbocycles. The van der Waals surface area contributed by atoms with E-state index in [1.165, 1.54) is 12.1 Å². The summed E-state index contributed by atoms with van der Waals surface area (Å²) in [5.41, 5.74) is -0.514. The van der Waals surface area contributed by atoms with E-state index in [0.717, 1.165) is 12.1 Å². The molecule has 0 bridgehead atoms. The van der Waals surface area contributed by atoms with Crippen LogP contribution in [0.1, 0.15) is 10.4 Å². The summed E-state index contributed by atoms with van der Waals surface area (Å²) in [7, 11) is 0. The van der Waals surface area contributed by atoms with E-state index in [1.54, 1.807) is 0 Å². The fourth-order valence-electron chi connectivity index (χ4n) is 0.890. The molecule has 1 aromatic rings. The van der Waals surface area contributed by atoms with Gasteiger partial charge in [-0.25, -0.2) is 9.59 Å². The highest BCUT2D eigenvalue weighted by Gasteiger charge is 2.41. The van der Waals surface area contributed by atoms with Gasteiger partial charge in [0.1, 0.15) is 11.3 Å². The smallest absolute Gasteiger partial charge is 0.478 e. The number of esters is 1. The van der Waals surface area contributed by atoms with Crippen LogP contribution >= 0.6 is 0 Å². The summed E-state index contributed by atoms with van der Waals surface area (Å²) in [6.45, 7) is 0. The van der Waals surface area contributed by atoms with Crippen LogP contribution in [0.25, 0.3) is 0 Å². The Labute approximate surface area is 87.3 Å². The van der Waals surface area contributed by atoms with Gasteiger partial charge in [0, 0.05) is 0 Å². The number of carbonyl (C=O) groups excluding carboxylic acids is 1. The van der Waals surface area contributed by atoms with Gasteiger partial charge >= 0.3 is 18.1 Å². The van der Waals surface area contributed by atoms with E-state index in [4.69, 9.17) is 5.11 Å². The predicted octanol–water partition coefficient (Wildman–Crippen LogP) is 1.85. The number of ether oxygens (including phenoxy) is 1. The first-order valence-corrected chi connectivity index (χ1v) is 3.93. The average molecular weight is 234 g/mol. The highest BCUT2D eigenvalue weighted by molar-refractivity contribution is 5.92. The Morgan fingerprint density at radius 2 is 1.75 bits per heavy atom. The molecule has 0 heterocycles. The van der Waals surface area contributed by atoms with E-state index in [9.17, 15) is 22.8 Å². The monoisotopic (exact) mass is 234 g/mol. The maximum atomic E-state index is 11.8. The summed E-state index contributed by atoms with van der Waals surface area (Å²) in [6.07, 6.45) is -5.16. The lowest BCUT2D eigenvalue weighted by Gasteiger charge is -2.08. The van der Waals surface area contributed by atoms with Crippen LogP contribution in [-0.4, -0.2) is 23.2 Å². The topological polar surface area (TPSA) is 63.6 Å². The number of carboxylic acids is 1. The van der Waals surface area contributed by atoms with Gasteiger partial charge in [-0.05, 0) is 12.1 Å². The molecular formula is C9H5F3O4. The molecule has 1 N–H and O–H groups in total. The number of hydrogen-bond acceptors (Lipinski definition) is 3. The maximum Gasteiger partial charge on any atom is 0.491 e. The summed E-state index contributed by atoms with van der Waals surface area (Å²) in [5, 5.41) is 8.61. The third-order valence-electron chi connectivity index (χ3n) is 1.55. The second-order valence-corrected chi connectivity index (χ2v) is 2.69. The lowest BCUT2D eigenvalue weighted by Crippen LogP contribution is -2.28. The molecule has 0 atom stereocenters. The Hall–Kier alpha value is -2.05. The quantitative estimate of drug-likeness (QED) is 0.626. The van der Waals surface area contributed by atoms with Crippen LogP contribution in [-0.2, 0) is 4.79 Å². The van der Waals surface area contributed by atoms with Crippen molar-refractivity contribution in [3.63, 3.8) is 0 Å². The lowest BCUT2D eigenvalue weighted by atomic mass is 10.2. The van der Waals surface area contributed by atoms with Crippen LogP contribution in [0, 0.1) is 0 Å². The largest absolute Gasteiger partial charge is 0.491 e. The van der Waals surface area contributed by atoms with Gasteiger partial charge < -0.3 is 9.84 Å². The SMILES string of the molecule is O=C(O)c1ccccc1OC(=O)C(F)(F)F. The molecule has 0 aliphatic heterocycles. The second kappa shape index (κ2) is 4.21. The Morgan fingerprint density at radius 1 is 1.19 bits per heavy atom. The zero-order valence-corrected chi connectivity index (χ0v) is 7.62. The molecule has 4 nitrogen and oxygen atoms in total. The third-order valence-corrected chi connectivity index (χ3v) is 1.55. The van der Waals surface area contributed by atoms with Crippen molar-refractivity contribution in [2.45, 2.75) is 6.18 Å². The summed E-state index contributed by atoms with van der Waals surface area (Å²) in [5.74, 6) is -4.58. The molecule has 0 saturated heterocycles. The fourth-order valence-corrected chi connectivity index (χ4v) is 0.890. The molecule has 0 amide bonds. The summed E-state index contributed by atoms with van der Waals surface area (Å²) in [4.78, 5) is 21.0. The number of rotatable bonds is 2. The minimum Gasteiger partial charge on any atom is -0.478 e. The molecule has 0 spiro atoms. The molecule has 1 rings (SSSR count). The molecule has 7 heteroatoms. The third kappa shape index (κ3) is 2.72. The van der Waals surface area contributed by atoms with Gasteiger partial charge in [0.2, 0.25) is 0 Å². The Balaban J connectivity index is 2.98. The van der Waals surface area contributed by atoms with E-state index < -0.39 is 29.4 Å². The van der Waals surface area contributed by atoms with Crippen LogP contribution in [0.15, 0.2) is 24.3 Å². The van der Waals surface area contributed by atoms with Crippen LogP contribution < -0.4 is 4.74 Å². The number of halogens is 3. The van der Waals surface area contributed by atoms with Crippen LogP contribution in [0.2, 0.25) is 0 Å². The van der Waals surface area contributed by atoms with E-state index in [-0.39, 0.29) is 0 Å². The van der Waals surface area contributed by atoms with Gasteiger partial charge in [-0.3, -0.25) is 0 Å². The standard InChI is InChI=1S/C9H5F3O4/c10-9(11,12)8(15)16-6-4-2-1-3-5(6)7(13)14/h1-4H,(H,13,14). The molecule has 0 fully saturated rings. The van der Waals surface area contributed by atoms with Crippen molar-refractivity contribution in [3.8, 4) is 5.75 Å². The molecule has 86 valence electrons. The number of alkyl halides is 3. The molecule has 0 aliphatic rings. The minimum absolute atomic E-state index is 0.514. The Kier molecular flexibility index (Phi) is 3.17. The van der Waals surface area contributed by atoms with Crippen molar-refractivity contribution >= 4 is 11.9 Å². The minimum atomic E-state index is -5.16. The number of carboxylic acid groups (broad SMARTS) is 1. The molecule has 0 unspecified atom stereocenters. The number of carbonyl (C=O) groups is 2. The second-order valence-electron chi connectivity index (χ2n) is 2.69. The fraction of sp³-hybridized carbons (Fsp3) is 0.111. The summed E-state index contributed by atoms with van der Waals surface area (Å²) in [6, 6.07) is 4.55. The van der Waals surface area contributed by atoms with Gasteiger partial charge in [0.15, 0.2) is 0 Å². The van der Waals surface area contributed by atoms with Crippen molar-refractivity contribution in [1.82, 2.24) is 0 Å². The van der Waals surface area contributed by atoms with Gasteiger partial charge in [-0.2, -0.15) is 13.2 Å². The zero-order valence-electron chi connectivity index (χ0n) is 7.62. The predicted molar refractivity (Wildman–Crippen MR) is 45.1 cm³/mol. The van der Waals surface area contributed by atoms with Crippen LogP contribution in [0.5, 0.6) is 5.75 Å². The van der Waals surface area contributed by atoms with Gasteiger partial charge in [0.05, 0.1) is 0 Å². The highest BCUT2D eigenvalue weighted by atomic mass is 19.4. The first kappa shape index (κ1) is 12.0. The van der Waals surface area contributed by atoms with Gasteiger partial charge in [-0.15, -0.1) is 0 Å². The highest BCUT2D eigenvalue weighted by Crippen LogP contribution is 2.23. The molecular weight excluding hydrogens is 229 g/mol. The van der Waals surface area contributed by atoms with Gasteiger partial charge in [0.25, 0.3) is 0 Å². The Bertz CT molecular complexity index is 425. The van der Waals surface area contributed by atoms with E-state index >= 15 is 0 Å². The maximum absolute atomic E-state index is 11.8. The van der Waals surface area contributed by atoms with E-state index in [0.29, 0.717) is 0 Å². The van der Waals surface area contributed by atoms with Crippen molar-refractivity contribution in [2.75, 3.05) is 0 Å². The summed E-state index contributed by atoms with van der Waals surface area (Å²) < 4.78 is 39.5. The Morgan fingerprint density at radius 3 is 2.25 bits per heavy atom. The number of hydrogen-bond donors (Lipinski definition) is 1. The van der Waals surface area contributed by atoms with E-state index in [2.05, 4.69) is 4.74 Å².